The van der Waals surface area contributed by atoms with Gasteiger partial charge in [-0.05, 0) is 40.1 Å². The lowest BCUT2D eigenvalue weighted by molar-refractivity contribution is -0.384. The molecule has 1 aromatic carbocycles. The van der Waals surface area contributed by atoms with Crippen molar-refractivity contribution in [3.8, 4) is 5.75 Å². The molecule has 0 spiro atoms. The SMILES string of the molecule is CN(C)C(C)(C)CNCCOc1ccc([N+](=O)[O-])cc1. The Labute approximate surface area is 119 Å². The highest BCUT2D eigenvalue weighted by Crippen LogP contribution is 2.17. The third-order valence-electron chi connectivity index (χ3n) is 3.36. The molecule has 0 fully saturated rings. The second-order valence-electron chi connectivity index (χ2n) is 5.48. The van der Waals surface area contributed by atoms with Gasteiger partial charge in [-0.15, -0.1) is 0 Å². The summed E-state index contributed by atoms with van der Waals surface area (Å²) in [6.07, 6.45) is 0. The van der Waals surface area contributed by atoms with Crippen molar-refractivity contribution in [3.63, 3.8) is 0 Å². The lowest BCUT2D eigenvalue weighted by atomic mass is 10.0. The summed E-state index contributed by atoms with van der Waals surface area (Å²) in [5.74, 6) is 0.643. The van der Waals surface area contributed by atoms with Crippen molar-refractivity contribution in [2.24, 2.45) is 0 Å². The van der Waals surface area contributed by atoms with Crippen LogP contribution in [0.3, 0.4) is 0 Å². The fourth-order valence-electron chi connectivity index (χ4n) is 1.46. The second-order valence-corrected chi connectivity index (χ2v) is 5.48. The van der Waals surface area contributed by atoms with Crippen LogP contribution in [0.15, 0.2) is 24.3 Å². The monoisotopic (exact) mass is 281 g/mol. The van der Waals surface area contributed by atoms with E-state index in [0.29, 0.717) is 12.4 Å². The average molecular weight is 281 g/mol. The molecule has 6 nitrogen and oxygen atoms in total. The Balaban J connectivity index is 2.26. The van der Waals surface area contributed by atoms with Gasteiger partial charge in [0.05, 0.1) is 4.92 Å². The van der Waals surface area contributed by atoms with Gasteiger partial charge in [0.2, 0.25) is 0 Å². The number of non-ortho nitro benzene ring substituents is 1. The summed E-state index contributed by atoms with van der Waals surface area (Å²) in [5, 5.41) is 13.8. The Hall–Kier alpha value is -1.66. The second kappa shape index (κ2) is 7.21. The standard InChI is InChI=1S/C14H23N3O3/c1-14(2,16(3)4)11-15-9-10-20-13-7-5-12(6-8-13)17(18)19/h5-8,15H,9-11H2,1-4H3. The number of nitro groups is 1. The minimum atomic E-state index is -0.422. The summed E-state index contributed by atoms with van der Waals surface area (Å²) in [6, 6.07) is 6.11. The third-order valence-corrected chi connectivity index (χ3v) is 3.36. The number of likely N-dealkylation sites (N-methyl/N-ethyl adjacent to an activating group) is 1. The molecular weight excluding hydrogens is 258 g/mol. The number of nitrogens with one attached hydrogen (secondary N) is 1. The van der Waals surface area contributed by atoms with E-state index < -0.39 is 4.92 Å². The van der Waals surface area contributed by atoms with Crippen LogP contribution >= 0.6 is 0 Å². The zero-order valence-electron chi connectivity index (χ0n) is 12.5. The molecule has 0 aliphatic carbocycles. The molecule has 0 radical (unpaired) electrons. The molecule has 0 unspecified atom stereocenters. The van der Waals surface area contributed by atoms with Gasteiger partial charge in [-0.3, -0.25) is 10.1 Å². The van der Waals surface area contributed by atoms with Gasteiger partial charge in [0.15, 0.2) is 0 Å². The maximum atomic E-state index is 10.5. The number of ether oxygens (including phenoxy) is 1. The predicted molar refractivity (Wildman–Crippen MR) is 79.2 cm³/mol. The van der Waals surface area contributed by atoms with Crippen LogP contribution in [0.1, 0.15) is 13.8 Å². The van der Waals surface area contributed by atoms with E-state index >= 15 is 0 Å². The molecule has 1 rings (SSSR count). The Morgan fingerprint density at radius 3 is 2.40 bits per heavy atom. The molecule has 0 aliphatic rings. The first-order valence-electron chi connectivity index (χ1n) is 6.58. The van der Waals surface area contributed by atoms with E-state index in [9.17, 15) is 10.1 Å². The van der Waals surface area contributed by atoms with Crippen molar-refractivity contribution in [2.45, 2.75) is 19.4 Å². The van der Waals surface area contributed by atoms with Gasteiger partial charge >= 0.3 is 0 Å². The van der Waals surface area contributed by atoms with Gasteiger partial charge in [-0.2, -0.15) is 0 Å². The molecule has 0 saturated carbocycles. The van der Waals surface area contributed by atoms with E-state index in [1.165, 1.54) is 12.1 Å². The molecule has 0 saturated heterocycles. The third kappa shape index (κ3) is 5.14. The zero-order valence-corrected chi connectivity index (χ0v) is 12.5. The summed E-state index contributed by atoms with van der Waals surface area (Å²) >= 11 is 0. The number of nitro benzene ring substituents is 1. The normalized spacial score (nSPS) is 11.7. The van der Waals surface area contributed by atoms with Crippen LogP contribution < -0.4 is 10.1 Å². The van der Waals surface area contributed by atoms with Crippen molar-refractivity contribution >= 4 is 5.69 Å². The minimum absolute atomic E-state index is 0.0724. The summed E-state index contributed by atoms with van der Waals surface area (Å²) in [6.45, 7) is 6.45. The predicted octanol–water partition coefficient (Wildman–Crippen LogP) is 1.90. The van der Waals surface area contributed by atoms with Crippen LogP contribution in [0, 0.1) is 10.1 Å². The van der Waals surface area contributed by atoms with Crippen LogP contribution in [0.4, 0.5) is 5.69 Å². The molecule has 0 aliphatic heterocycles. The molecule has 0 bridgehead atoms. The minimum Gasteiger partial charge on any atom is -0.492 e. The van der Waals surface area contributed by atoms with Crippen LogP contribution in [-0.2, 0) is 0 Å². The van der Waals surface area contributed by atoms with E-state index in [2.05, 4.69) is 38.2 Å². The van der Waals surface area contributed by atoms with Crippen LogP contribution in [0.5, 0.6) is 5.75 Å². The highest BCUT2D eigenvalue weighted by atomic mass is 16.6. The molecule has 0 heterocycles. The largest absolute Gasteiger partial charge is 0.492 e. The van der Waals surface area contributed by atoms with Crippen LogP contribution in [-0.4, -0.2) is 49.2 Å². The molecule has 6 heteroatoms. The van der Waals surface area contributed by atoms with Crippen molar-refractivity contribution < 1.29 is 9.66 Å². The molecule has 0 amide bonds. The molecule has 1 aromatic rings. The fourth-order valence-corrected chi connectivity index (χ4v) is 1.46. The van der Waals surface area contributed by atoms with E-state index in [1.807, 2.05) is 0 Å². The van der Waals surface area contributed by atoms with Crippen LogP contribution in [0.2, 0.25) is 0 Å². The van der Waals surface area contributed by atoms with Crippen molar-refractivity contribution in [1.82, 2.24) is 10.2 Å². The Morgan fingerprint density at radius 2 is 1.90 bits per heavy atom. The van der Waals surface area contributed by atoms with Gasteiger partial charge in [-0.25, -0.2) is 0 Å². The number of hydrogen-bond acceptors (Lipinski definition) is 5. The topological polar surface area (TPSA) is 67.6 Å². The summed E-state index contributed by atoms with van der Waals surface area (Å²) in [5.41, 5.74) is 0.163. The Morgan fingerprint density at radius 1 is 1.30 bits per heavy atom. The maximum absolute atomic E-state index is 10.5. The molecule has 0 atom stereocenters. The van der Waals surface area contributed by atoms with E-state index in [4.69, 9.17) is 4.74 Å². The fraction of sp³-hybridized carbons (Fsp3) is 0.571. The van der Waals surface area contributed by atoms with Gasteiger partial charge in [0.1, 0.15) is 12.4 Å². The first-order valence-corrected chi connectivity index (χ1v) is 6.58. The molecular formula is C14H23N3O3. The zero-order chi connectivity index (χ0) is 15.2. The summed E-state index contributed by atoms with van der Waals surface area (Å²) in [4.78, 5) is 12.3. The Kier molecular flexibility index (Phi) is 5.91. The highest BCUT2D eigenvalue weighted by Gasteiger charge is 2.19. The lowest BCUT2D eigenvalue weighted by Gasteiger charge is -2.32. The number of rotatable bonds is 8. The van der Waals surface area contributed by atoms with Crippen molar-refractivity contribution in [2.75, 3.05) is 33.8 Å². The first kappa shape index (κ1) is 16.4. The van der Waals surface area contributed by atoms with Gasteiger partial charge in [-0.1, -0.05) is 0 Å². The van der Waals surface area contributed by atoms with E-state index in [-0.39, 0.29) is 11.2 Å². The van der Waals surface area contributed by atoms with Gasteiger partial charge < -0.3 is 15.0 Å². The lowest BCUT2D eigenvalue weighted by Crippen LogP contribution is -2.47. The quantitative estimate of drug-likeness (QED) is 0.448. The molecule has 1 N–H and O–H groups in total. The summed E-state index contributed by atoms with van der Waals surface area (Å²) < 4.78 is 5.52. The summed E-state index contributed by atoms with van der Waals surface area (Å²) in [7, 11) is 4.10. The van der Waals surface area contributed by atoms with E-state index in [0.717, 1.165) is 13.1 Å². The average Bonchev–Trinajstić information content (AvgIpc) is 2.38. The maximum Gasteiger partial charge on any atom is 0.269 e. The number of benzene rings is 1. The number of nitrogens with zero attached hydrogens (tertiary/aromatic N) is 2. The number of hydrogen-bond donors (Lipinski definition) is 1. The molecule has 0 aromatic heterocycles. The highest BCUT2D eigenvalue weighted by molar-refractivity contribution is 5.35. The Bertz CT molecular complexity index is 430. The van der Waals surface area contributed by atoms with Crippen molar-refractivity contribution in [3.05, 3.63) is 34.4 Å². The van der Waals surface area contributed by atoms with Crippen LogP contribution in [0.25, 0.3) is 0 Å². The molecule has 112 valence electrons. The molecule has 20 heavy (non-hydrogen) atoms. The first-order chi connectivity index (χ1) is 9.33. The van der Waals surface area contributed by atoms with Gasteiger partial charge in [0, 0.05) is 30.8 Å². The van der Waals surface area contributed by atoms with Crippen molar-refractivity contribution in [1.29, 1.82) is 0 Å². The van der Waals surface area contributed by atoms with E-state index in [1.54, 1.807) is 12.1 Å². The van der Waals surface area contributed by atoms with Gasteiger partial charge in [0.25, 0.3) is 5.69 Å². The smallest absolute Gasteiger partial charge is 0.269 e.